The van der Waals surface area contributed by atoms with Crippen molar-refractivity contribution in [3.8, 4) is 0 Å². The second-order valence-corrected chi connectivity index (χ2v) is 5.76. The average Bonchev–Trinajstić information content (AvgIpc) is 3.01. The van der Waals surface area contributed by atoms with E-state index in [0.29, 0.717) is 37.8 Å². The van der Waals surface area contributed by atoms with E-state index in [0.717, 1.165) is 0 Å². The maximum atomic E-state index is 12.3. The quantitative estimate of drug-likeness (QED) is 0.823. The Morgan fingerprint density at radius 3 is 3.08 bits per heavy atom. The number of amides is 2. The van der Waals surface area contributed by atoms with E-state index < -0.39 is 0 Å². The van der Waals surface area contributed by atoms with Crippen LogP contribution in [0.5, 0.6) is 0 Å². The molecule has 0 unspecified atom stereocenters. The molecule has 1 atom stereocenters. The van der Waals surface area contributed by atoms with Crippen LogP contribution in [0.1, 0.15) is 5.76 Å². The zero-order valence-corrected chi connectivity index (χ0v) is 14.1. The molecule has 10 heteroatoms. The fourth-order valence-corrected chi connectivity index (χ4v) is 2.47. The summed E-state index contributed by atoms with van der Waals surface area (Å²) >= 11 is 0. The van der Waals surface area contributed by atoms with Gasteiger partial charge in [0.05, 0.1) is 19.3 Å². The molecule has 2 aromatic heterocycles. The van der Waals surface area contributed by atoms with Gasteiger partial charge in [0, 0.05) is 38.6 Å². The SMILES string of the molecule is Cc1cc(NC(=O)N2CCO[C@@H](CNc3nccn(C)c3=O)C2)no1. The monoisotopic (exact) mass is 348 g/mol. The second kappa shape index (κ2) is 7.34. The summed E-state index contributed by atoms with van der Waals surface area (Å²) in [4.78, 5) is 29.9. The highest BCUT2D eigenvalue weighted by Gasteiger charge is 2.25. The standard InChI is InChI=1S/C15H20N6O4/c1-10-7-12(19-25-10)18-15(23)21-5-6-24-11(9-21)8-17-13-14(22)20(2)4-3-16-13/h3-4,7,11H,5-6,8-9H2,1-2H3,(H,16,17)(H,18,19,23)/t11-/m0/s1. The number of carbonyl (C=O) groups is 1. The molecule has 0 aliphatic carbocycles. The van der Waals surface area contributed by atoms with E-state index in [9.17, 15) is 9.59 Å². The van der Waals surface area contributed by atoms with Crippen molar-refractivity contribution in [2.45, 2.75) is 13.0 Å². The van der Waals surface area contributed by atoms with Crippen molar-refractivity contribution in [3.05, 3.63) is 34.6 Å². The summed E-state index contributed by atoms with van der Waals surface area (Å²) in [6.45, 7) is 3.41. The Morgan fingerprint density at radius 1 is 1.48 bits per heavy atom. The van der Waals surface area contributed by atoms with Crippen LogP contribution in [0.3, 0.4) is 0 Å². The van der Waals surface area contributed by atoms with Crippen LogP contribution in [0.15, 0.2) is 27.8 Å². The first-order valence-corrected chi connectivity index (χ1v) is 7.89. The first kappa shape index (κ1) is 17.0. The minimum atomic E-state index is -0.268. The van der Waals surface area contributed by atoms with Crippen LogP contribution in [0.2, 0.25) is 0 Å². The first-order chi connectivity index (χ1) is 12.0. The maximum Gasteiger partial charge on any atom is 0.323 e. The number of nitrogens with zero attached hydrogens (tertiary/aromatic N) is 4. The molecule has 0 bridgehead atoms. The second-order valence-electron chi connectivity index (χ2n) is 5.76. The smallest absolute Gasteiger partial charge is 0.323 e. The Balaban J connectivity index is 1.54. The van der Waals surface area contributed by atoms with Gasteiger partial charge < -0.3 is 24.0 Å². The van der Waals surface area contributed by atoms with Crippen LogP contribution < -0.4 is 16.2 Å². The van der Waals surface area contributed by atoms with E-state index in [2.05, 4.69) is 20.8 Å². The van der Waals surface area contributed by atoms with E-state index in [4.69, 9.17) is 9.26 Å². The predicted octanol–water partition coefficient (Wildman–Crippen LogP) is 0.422. The zero-order valence-electron chi connectivity index (χ0n) is 14.1. The van der Waals surface area contributed by atoms with Gasteiger partial charge in [0.15, 0.2) is 11.6 Å². The molecule has 0 saturated carbocycles. The third-order valence-electron chi connectivity index (χ3n) is 3.80. The van der Waals surface area contributed by atoms with E-state index in [-0.39, 0.29) is 23.5 Å². The van der Waals surface area contributed by atoms with Crippen LogP contribution in [0, 0.1) is 6.92 Å². The number of anilines is 2. The number of ether oxygens (including phenoxy) is 1. The highest BCUT2D eigenvalue weighted by atomic mass is 16.5. The number of aryl methyl sites for hydroxylation is 2. The Hall–Kier alpha value is -2.88. The summed E-state index contributed by atoms with van der Waals surface area (Å²) in [7, 11) is 1.66. The fourth-order valence-electron chi connectivity index (χ4n) is 2.47. The normalized spacial score (nSPS) is 17.4. The van der Waals surface area contributed by atoms with Gasteiger partial charge >= 0.3 is 6.03 Å². The molecule has 2 N–H and O–H groups in total. The van der Waals surface area contributed by atoms with Gasteiger partial charge in [-0.25, -0.2) is 9.78 Å². The van der Waals surface area contributed by atoms with Crippen LogP contribution >= 0.6 is 0 Å². The minimum Gasteiger partial charge on any atom is -0.373 e. The molecule has 1 saturated heterocycles. The first-order valence-electron chi connectivity index (χ1n) is 7.89. The molecule has 25 heavy (non-hydrogen) atoms. The van der Waals surface area contributed by atoms with Crippen LogP contribution in [0.4, 0.5) is 16.4 Å². The lowest BCUT2D eigenvalue weighted by atomic mass is 10.2. The van der Waals surface area contributed by atoms with Gasteiger partial charge in [-0.3, -0.25) is 10.1 Å². The highest BCUT2D eigenvalue weighted by molar-refractivity contribution is 5.88. The summed E-state index contributed by atoms with van der Waals surface area (Å²) < 4.78 is 12.0. The van der Waals surface area contributed by atoms with Crippen molar-refractivity contribution >= 4 is 17.7 Å². The maximum absolute atomic E-state index is 12.3. The molecule has 0 spiro atoms. The number of urea groups is 1. The molecule has 1 aliphatic heterocycles. The van der Waals surface area contributed by atoms with Gasteiger partial charge in [-0.05, 0) is 6.92 Å². The molecular weight excluding hydrogens is 328 g/mol. The van der Waals surface area contributed by atoms with E-state index in [1.54, 1.807) is 37.3 Å². The summed E-state index contributed by atoms with van der Waals surface area (Å²) in [6.07, 6.45) is 2.89. The number of aromatic nitrogens is 3. The molecule has 2 amide bonds. The Bertz CT molecular complexity index is 801. The summed E-state index contributed by atoms with van der Waals surface area (Å²) in [6, 6.07) is 1.38. The molecule has 0 aromatic carbocycles. The largest absolute Gasteiger partial charge is 0.373 e. The lowest BCUT2D eigenvalue weighted by Crippen LogP contribution is -2.49. The minimum absolute atomic E-state index is 0.214. The summed E-state index contributed by atoms with van der Waals surface area (Å²) in [5, 5.41) is 9.41. The van der Waals surface area contributed by atoms with Gasteiger partial charge in [-0.2, -0.15) is 0 Å². The molecule has 0 radical (unpaired) electrons. The van der Waals surface area contributed by atoms with E-state index >= 15 is 0 Å². The molecule has 1 fully saturated rings. The number of morpholine rings is 1. The fraction of sp³-hybridized carbons (Fsp3) is 0.467. The molecule has 10 nitrogen and oxygen atoms in total. The third-order valence-corrected chi connectivity index (χ3v) is 3.80. The lowest BCUT2D eigenvalue weighted by molar-refractivity contribution is -0.00452. The number of nitrogens with one attached hydrogen (secondary N) is 2. The molecule has 1 aliphatic rings. The lowest BCUT2D eigenvalue weighted by Gasteiger charge is -2.32. The Morgan fingerprint density at radius 2 is 2.32 bits per heavy atom. The number of rotatable bonds is 4. The molecular formula is C15H20N6O4. The average molecular weight is 348 g/mol. The molecule has 3 rings (SSSR count). The number of hydrogen-bond acceptors (Lipinski definition) is 7. The predicted molar refractivity (Wildman–Crippen MR) is 89.5 cm³/mol. The van der Waals surface area contributed by atoms with Crippen molar-refractivity contribution in [2.24, 2.45) is 7.05 Å². The highest BCUT2D eigenvalue weighted by Crippen LogP contribution is 2.11. The van der Waals surface area contributed by atoms with Crippen molar-refractivity contribution in [2.75, 3.05) is 36.9 Å². The zero-order chi connectivity index (χ0) is 17.8. The van der Waals surface area contributed by atoms with Crippen molar-refractivity contribution in [1.29, 1.82) is 0 Å². The van der Waals surface area contributed by atoms with Crippen LogP contribution in [-0.4, -0.2) is 58.0 Å². The topological polar surface area (TPSA) is 115 Å². The van der Waals surface area contributed by atoms with Gasteiger partial charge in [0.1, 0.15) is 5.76 Å². The van der Waals surface area contributed by atoms with Gasteiger partial charge in [-0.1, -0.05) is 5.16 Å². The van der Waals surface area contributed by atoms with Crippen molar-refractivity contribution in [3.63, 3.8) is 0 Å². The van der Waals surface area contributed by atoms with Crippen LogP contribution in [0.25, 0.3) is 0 Å². The Labute approximate surface area is 143 Å². The summed E-state index contributed by atoms with van der Waals surface area (Å²) in [5.41, 5.74) is -0.214. The molecule has 2 aromatic rings. The number of hydrogen-bond donors (Lipinski definition) is 2. The molecule has 3 heterocycles. The van der Waals surface area contributed by atoms with E-state index in [1.807, 2.05) is 0 Å². The van der Waals surface area contributed by atoms with Gasteiger partial charge in [0.25, 0.3) is 5.56 Å². The van der Waals surface area contributed by atoms with Crippen molar-refractivity contribution in [1.82, 2.24) is 19.6 Å². The van der Waals surface area contributed by atoms with Gasteiger partial charge in [0.2, 0.25) is 0 Å². The van der Waals surface area contributed by atoms with Gasteiger partial charge in [-0.15, -0.1) is 0 Å². The third kappa shape index (κ3) is 4.15. The summed E-state index contributed by atoms with van der Waals surface area (Å²) in [5.74, 6) is 1.25. The number of carbonyl (C=O) groups excluding carboxylic acids is 1. The van der Waals surface area contributed by atoms with E-state index in [1.165, 1.54) is 4.57 Å². The van der Waals surface area contributed by atoms with Crippen molar-refractivity contribution < 1.29 is 14.1 Å². The van der Waals surface area contributed by atoms with Crippen LogP contribution in [-0.2, 0) is 11.8 Å². The molecule has 134 valence electrons. The Kier molecular flexibility index (Phi) is 4.98.